The lowest BCUT2D eigenvalue weighted by molar-refractivity contribution is 0.0664. The Labute approximate surface area is 173 Å². The van der Waals surface area contributed by atoms with Crippen LogP contribution in [0, 0.1) is 6.92 Å². The molecule has 0 spiro atoms. The average molecular weight is 404 g/mol. The van der Waals surface area contributed by atoms with E-state index in [4.69, 9.17) is 4.42 Å². The van der Waals surface area contributed by atoms with Gasteiger partial charge >= 0.3 is 5.97 Å². The van der Waals surface area contributed by atoms with Crippen LogP contribution in [0.2, 0.25) is 0 Å². The smallest absolute Gasteiger partial charge is 0.372 e. The summed E-state index contributed by atoms with van der Waals surface area (Å²) in [5.41, 5.74) is 3.68. The molecule has 0 saturated carbocycles. The van der Waals surface area contributed by atoms with Gasteiger partial charge in [0.05, 0.1) is 0 Å². The van der Waals surface area contributed by atoms with E-state index >= 15 is 0 Å². The van der Waals surface area contributed by atoms with Crippen LogP contribution in [0.3, 0.4) is 0 Å². The summed E-state index contributed by atoms with van der Waals surface area (Å²) < 4.78 is 7.75. The molecule has 0 fully saturated rings. The monoisotopic (exact) mass is 403 g/mol. The fourth-order valence-electron chi connectivity index (χ4n) is 3.29. The second-order valence-corrected chi connectivity index (χ2v) is 7.88. The van der Waals surface area contributed by atoms with Crippen molar-refractivity contribution < 1.29 is 14.3 Å². The van der Waals surface area contributed by atoms with Crippen molar-refractivity contribution in [3.05, 3.63) is 95.7 Å². The molecule has 5 heteroatoms. The Morgan fingerprint density at radius 1 is 1.00 bits per heavy atom. The van der Waals surface area contributed by atoms with Gasteiger partial charge in [-0.2, -0.15) is 0 Å². The minimum atomic E-state index is -1.04. The fraction of sp³-hybridized carbons (Fsp3) is 0.125. The van der Waals surface area contributed by atoms with Crippen molar-refractivity contribution in [3.63, 3.8) is 0 Å². The Bertz CT molecular complexity index is 1120. The molecule has 1 aromatic heterocycles. The van der Waals surface area contributed by atoms with Gasteiger partial charge in [0.25, 0.3) is 0 Å². The van der Waals surface area contributed by atoms with Gasteiger partial charge in [-0.1, -0.05) is 48.5 Å². The van der Waals surface area contributed by atoms with Crippen molar-refractivity contribution in [3.8, 4) is 0 Å². The highest BCUT2D eigenvalue weighted by atomic mass is 32.2. The number of carbonyl (C=O) groups is 1. The van der Waals surface area contributed by atoms with E-state index in [1.165, 1.54) is 5.56 Å². The molecule has 0 amide bonds. The van der Waals surface area contributed by atoms with Crippen LogP contribution < -0.4 is 4.31 Å². The van der Waals surface area contributed by atoms with Gasteiger partial charge in [-0.25, -0.2) is 4.79 Å². The number of carboxylic acids is 1. The van der Waals surface area contributed by atoms with Gasteiger partial charge < -0.3 is 13.8 Å². The van der Waals surface area contributed by atoms with Crippen LogP contribution >= 0.6 is 11.9 Å². The van der Waals surface area contributed by atoms with E-state index in [-0.39, 0.29) is 5.76 Å². The number of rotatable bonds is 7. The molecule has 29 heavy (non-hydrogen) atoms. The molecule has 0 unspecified atom stereocenters. The normalized spacial score (nSPS) is 10.9. The first-order chi connectivity index (χ1) is 14.1. The van der Waals surface area contributed by atoms with Crippen LogP contribution in [0.1, 0.15) is 21.7 Å². The van der Waals surface area contributed by atoms with Crippen LogP contribution in [0.4, 0.5) is 5.69 Å². The van der Waals surface area contributed by atoms with E-state index in [9.17, 15) is 9.90 Å². The topological polar surface area (TPSA) is 53.7 Å². The van der Waals surface area contributed by atoms with Gasteiger partial charge in [-0.15, -0.1) is 0 Å². The third-order valence-electron chi connectivity index (χ3n) is 4.81. The minimum absolute atomic E-state index is 0.00569. The number of anilines is 1. The van der Waals surface area contributed by atoms with Gasteiger partial charge in [0.15, 0.2) is 0 Å². The van der Waals surface area contributed by atoms with Crippen molar-refractivity contribution in [2.45, 2.75) is 18.2 Å². The maximum absolute atomic E-state index is 11.4. The molecule has 1 heterocycles. The highest BCUT2D eigenvalue weighted by Gasteiger charge is 2.17. The van der Waals surface area contributed by atoms with E-state index in [0.29, 0.717) is 11.1 Å². The Morgan fingerprint density at radius 2 is 1.69 bits per heavy atom. The fourth-order valence-corrected chi connectivity index (χ4v) is 4.25. The first kappa shape index (κ1) is 19.2. The number of carboxylic acid groups (broad SMARTS) is 1. The minimum Gasteiger partial charge on any atom is -0.475 e. The summed E-state index contributed by atoms with van der Waals surface area (Å²) in [5, 5.41) is 10.1. The van der Waals surface area contributed by atoms with Crippen LogP contribution in [0.15, 0.2) is 88.2 Å². The van der Waals surface area contributed by atoms with E-state index in [0.717, 1.165) is 28.9 Å². The second kappa shape index (κ2) is 8.45. The predicted octanol–water partition coefficient (Wildman–Crippen LogP) is 6.20. The molecular formula is C24H21NO3S. The molecule has 0 aliphatic rings. The molecule has 0 aliphatic heterocycles. The third-order valence-corrected chi connectivity index (χ3v) is 5.89. The van der Waals surface area contributed by atoms with Crippen molar-refractivity contribution in [1.82, 2.24) is 0 Å². The Kier molecular flexibility index (Phi) is 5.58. The number of para-hydroxylation sites is 1. The predicted molar refractivity (Wildman–Crippen MR) is 118 cm³/mol. The number of hydrogen-bond acceptors (Lipinski definition) is 4. The summed E-state index contributed by atoms with van der Waals surface area (Å²) in [6.07, 6.45) is 0.929. The van der Waals surface area contributed by atoms with E-state index in [1.807, 2.05) is 42.5 Å². The lowest BCUT2D eigenvalue weighted by atomic mass is 10.1. The lowest BCUT2D eigenvalue weighted by Crippen LogP contribution is -2.17. The van der Waals surface area contributed by atoms with Crippen LogP contribution in [0.25, 0.3) is 11.0 Å². The third kappa shape index (κ3) is 4.30. The molecule has 0 aliphatic carbocycles. The summed E-state index contributed by atoms with van der Waals surface area (Å²) in [4.78, 5) is 12.4. The average Bonchev–Trinajstić information content (AvgIpc) is 3.09. The molecule has 4 rings (SSSR count). The molecule has 4 aromatic rings. The molecule has 0 saturated heterocycles. The van der Waals surface area contributed by atoms with Gasteiger partial charge in [0, 0.05) is 28.1 Å². The molecule has 3 aromatic carbocycles. The highest BCUT2D eigenvalue weighted by molar-refractivity contribution is 8.00. The summed E-state index contributed by atoms with van der Waals surface area (Å²) in [6, 6.07) is 26.5. The van der Waals surface area contributed by atoms with Crippen molar-refractivity contribution in [2.24, 2.45) is 0 Å². The zero-order chi connectivity index (χ0) is 20.2. The zero-order valence-corrected chi connectivity index (χ0v) is 16.9. The van der Waals surface area contributed by atoms with E-state index in [2.05, 4.69) is 40.7 Å². The maximum Gasteiger partial charge on any atom is 0.372 e. The second-order valence-electron chi connectivity index (χ2n) is 6.78. The molecule has 1 N–H and O–H groups in total. The Hall–Kier alpha value is -3.18. The molecule has 4 nitrogen and oxygen atoms in total. The molecule has 0 bridgehead atoms. The first-order valence-corrected chi connectivity index (χ1v) is 10.2. The summed E-state index contributed by atoms with van der Waals surface area (Å²) in [5.74, 6) is -1.03. The quantitative estimate of drug-likeness (QED) is 0.373. The number of fused-ring (bicyclic) bond motifs is 1. The largest absolute Gasteiger partial charge is 0.475 e. The van der Waals surface area contributed by atoms with Crippen molar-refractivity contribution in [1.29, 1.82) is 0 Å². The van der Waals surface area contributed by atoms with Crippen molar-refractivity contribution >= 4 is 34.6 Å². The lowest BCUT2D eigenvalue weighted by Gasteiger charge is -2.23. The van der Waals surface area contributed by atoms with Gasteiger partial charge in [-0.3, -0.25) is 0 Å². The highest BCUT2D eigenvalue weighted by Crippen LogP contribution is 2.33. The molecule has 0 atom stereocenters. The molecule has 0 radical (unpaired) electrons. The van der Waals surface area contributed by atoms with Crippen LogP contribution in [-0.4, -0.2) is 17.6 Å². The molecule has 146 valence electrons. The number of furan rings is 1. The number of benzene rings is 3. The summed E-state index contributed by atoms with van der Waals surface area (Å²) >= 11 is 1.65. The Morgan fingerprint density at radius 3 is 2.38 bits per heavy atom. The maximum atomic E-state index is 11.4. The van der Waals surface area contributed by atoms with Gasteiger partial charge in [0.2, 0.25) is 5.76 Å². The summed E-state index contributed by atoms with van der Waals surface area (Å²) in [6.45, 7) is 2.63. The number of hydrogen-bond donors (Lipinski definition) is 1. The standard InChI is InChI=1S/C24H21NO3S/c1-17-21-16-20(12-13-22(21)28-23(17)24(26)27)29-25(19-10-6-3-7-11-19)15-14-18-8-4-2-5-9-18/h2-13,16H,14-15H2,1H3,(H,26,27). The van der Waals surface area contributed by atoms with Crippen LogP contribution in [-0.2, 0) is 6.42 Å². The molecular weight excluding hydrogens is 382 g/mol. The Balaban J connectivity index is 1.61. The number of aryl methyl sites for hydroxylation is 1. The van der Waals surface area contributed by atoms with Crippen molar-refractivity contribution in [2.75, 3.05) is 10.8 Å². The van der Waals surface area contributed by atoms with Gasteiger partial charge in [0.1, 0.15) is 5.58 Å². The van der Waals surface area contributed by atoms with Crippen LogP contribution in [0.5, 0.6) is 0 Å². The number of nitrogens with zero attached hydrogens (tertiary/aromatic N) is 1. The summed E-state index contributed by atoms with van der Waals surface area (Å²) in [7, 11) is 0. The zero-order valence-electron chi connectivity index (χ0n) is 16.0. The van der Waals surface area contributed by atoms with E-state index < -0.39 is 5.97 Å². The number of aromatic carboxylic acids is 1. The van der Waals surface area contributed by atoms with E-state index in [1.54, 1.807) is 18.9 Å². The van der Waals surface area contributed by atoms with Gasteiger partial charge in [-0.05, 0) is 61.2 Å². The first-order valence-electron chi connectivity index (χ1n) is 9.43. The SMILES string of the molecule is Cc1c(C(=O)O)oc2ccc(SN(CCc3ccccc3)c3ccccc3)cc12.